The first-order valence-corrected chi connectivity index (χ1v) is 9.69. The molecule has 0 fully saturated rings. The zero-order valence-electron chi connectivity index (χ0n) is 14.8. The van der Waals surface area contributed by atoms with E-state index in [1.54, 1.807) is 24.2 Å². The van der Waals surface area contributed by atoms with Crippen LogP contribution in [0.5, 0.6) is 0 Å². The fourth-order valence-electron chi connectivity index (χ4n) is 2.95. The van der Waals surface area contributed by atoms with Crippen molar-refractivity contribution in [3.63, 3.8) is 0 Å². The third kappa shape index (κ3) is 4.10. The minimum Gasteiger partial charge on any atom is -0.382 e. The van der Waals surface area contributed by atoms with Crippen LogP contribution >= 0.6 is 11.8 Å². The van der Waals surface area contributed by atoms with Crippen LogP contribution in [-0.2, 0) is 13.0 Å². The quantitative estimate of drug-likeness (QED) is 0.377. The van der Waals surface area contributed by atoms with E-state index in [0.29, 0.717) is 5.82 Å². The highest BCUT2D eigenvalue weighted by molar-refractivity contribution is 7.99. The maximum atomic E-state index is 6.01. The van der Waals surface area contributed by atoms with Crippen molar-refractivity contribution in [1.29, 1.82) is 0 Å². The monoisotopic (exact) mass is 356 g/mol. The summed E-state index contributed by atoms with van der Waals surface area (Å²) in [4.78, 5) is 17.4. The van der Waals surface area contributed by atoms with E-state index in [-0.39, 0.29) is 0 Å². The number of aryl methyl sites for hydroxylation is 3. The van der Waals surface area contributed by atoms with Gasteiger partial charge in [0.05, 0.1) is 5.52 Å². The molecule has 7 heteroatoms. The number of hydrogen-bond donors (Lipinski definition) is 1. The van der Waals surface area contributed by atoms with Gasteiger partial charge in [-0.3, -0.25) is 0 Å². The third-order valence-electron chi connectivity index (χ3n) is 4.18. The number of unbranched alkanes of at least 4 members (excludes halogenated alkanes) is 2. The average Bonchev–Trinajstić information content (AvgIpc) is 3.02. The lowest BCUT2D eigenvalue weighted by atomic mass is 10.2. The summed E-state index contributed by atoms with van der Waals surface area (Å²) in [7, 11) is 0. The van der Waals surface area contributed by atoms with Crippen molar-refractivity contribution in [3.05, 3.63) is 36.0 Å². The molecule has 0 aliphatic heterocycles. The van der Waals surface area contributed by atoms with Crippen LogP contribution < -0.4 is 5.73 Å². The Balaban J connectivity index is 1.57. The van der Waals surface area contributed by atoms with Crippen LogP contribution in [0, 0.1) is 6.92 Å². The van der Waals surface area contributed by atoms with Gasteiger partial charge < -0.3 is 10.3 Å². The largest absolute Gasteiger partial charge is 0.382 e. The minimum atomic E-state index is 0.522. The number of anilines is 1. The van der Waals surface area contributed by atoms with Crippen molar-refractivity contribution < 1.29 is 0 Å². The molecule has 0 unspecified atom stereocenters. The molecule has 0 aliphatic rings. The standard InChI is InChI=1S/C18H24N6S/c1-3-14-23-15-16(13(2)12-22-17(15)19)24(14)10-5-4-6-11-25-18-20-8-7-9-21-18/h7-9,12H,3-6,10-11H2,1-2H3,(H2,19,22). The minimum absolute atomic E-state index is 0.522. The molecule has 132 valence electrons. The van der Waals surface area contributed by atoms with Gasteiger partial charge >= 0.3 is 0 Å². The Hall–Kier alpha value is -2.15. The van der Waals surface area contributed by atoms with Gasteiger partial charge in [-0.25, -0.2) is 19.9 Å². The normalized spacial score (nSPS) is 11.3. The molecule has 3 rings (SSSR count). The Morgan fingerprint density at radius 1 is 1.12 bits per heavy atom. The second-order valence-corrected chi connectivity index (χ2v) is 7.06. The fraction of sp³-hybridized carbons (Fsp3) is 0.444. The molecule has 0 saturated carbocycles. The van der Waals surface area contributed by atoms with Gasteiger partial charge in [0, 0.05) is 37.3 Å². The number of fused-ring (bicyclic) bond motifs is 1. The molecule has 6 nitrogen and oxygen atoms in total. The predicted molar refractivity (Wildman–Crippen MR) is 103 cm³/mol. The van der Waals surface area contributed by atoms with Crippen LogP contribution in [0.3, 0.4) is 0 Å². The van der Waals surface area contributed by atoms with Gasteiger partial charge in [0.1, 0.15) is 11.3 Å². The number of aromatic nitrogens is 5. The molecule has 2 N–H and O–H groups in total. The maximum absolute atomic E-state index is 6.01. The number of rotatable bonds is 8. The number of imidazole rings is 1. The number of hydrogen-bond acceptors (Lipinski definition) is 6. The molecular formula is C18H24N6S. The molecule has 0 bridgehead atoms. The molecule has 3 aromatic rings. The Labute approximate surface area is 152 Å². The summed E-state index contributed by atoms with van der Waals surface area (Å²) >= 11 is 1.72. The lowest BCUT2D eigenvalue weighted by molar-refractivity contribution is 0.595. The Morgan fingerprint density at radius 2 is 1.92 bits per heavy atom. The van der Waals surface area contributed by atoms with Crippen molar-refractivity contribution in [3.8, 4) is 0 Å². The molecule has 25 heavy (non-hydrogen) atoms. The van der Waals surface area contributed by atoms with Crippen LogP contribution in [0.1, 0.15) is 37.6 Å². The van der Waals surface area contributed by atoms with Crippen molar-refractivity contribution in [1.82, 2.24) is 24.5 Å². The van der Waals surface area contributed by atoms with Crippen molar-refractivity contribution >= 4 is 28.6 Å². The molecule has 3 aromatic heterocycles. The van der Waals surface area contributed by atoms with E-state index in [2.05, 4.69) is 33.4 Å². The van der Waals surface area contributed by atoms with E-state index in [1.807, 2.05) is 12.3 Å². The van der Waals surface area contributed by atoms with Crippen LogP contribution in [0.25, 0.3) is 11.0 Å². The molecule has 0 saturated heterocycles. The first kappa shape index (κ1) is 17.7. The van der Waals surface area contributed by atoms with Gasteiger partial charge in [-0.15, -0.1) is 0 Å². The summed E-state index contributed by atoms with van der Waals surface area (Å²) < 4.78 is 2.32. The highest BCUT2D eigenvalue weighted by atomic mass is 32.2. The first-order valence-electron chi connectivity index (χ1n) is 8.70. The number of nitrogens with zero attached hydrogens (tertiary/aromatic N) is 5. The van der Waals surface area contributed by atoms with Crippen molar-refractivity contribution in [2.45, 2.75) is 51.2 Å². The lowest BCUT2D eigenvalue weighted by Crippen LogP contribution is -2.04. The summed E-state index contributed by atoms with van der Waals surface area (Å²) in [6.07, 6.45) is 9.75. The molecule has 0 aromatic carbocycles. The average molecular weight is 356 g/mol. The molecule has 0 amide bonds. The van der Waals surface area contributed by atoms with Gasteiger partial charge in [0.15, 0.2) is 11.0 Å². The molecule has 0 radical (unpaired) electrons. The molecule has 3 heterocycles. The SMILES string of the molecule is CCc1nc2c(N)ncc(C)c2n1CCCCCSc1ncccn1. The van der Waals surface area contributed by atoms with E-state index < -0.39 is 0 Å². The highest BCUT2D eigenvalue weighted by Gasteiger charge is 2.14. The maximum Gasteiger partial charge on any atom is 0.187 e. The molecule has 0 spiro atoms. The van der Waals surface area contributed by atoms with Crippen LogP contribution in [0.4, 0.5) is 5.82 Å². The first-order chi connectivity index (χ1) is 12.2. The second kappa shape index (κ2) is 8.29. The van der Waals surface area contributed by atoms with E-state index in [9.17, 15) is 0 Å². The van der Waals surface area contributed by atoms with E-state index in [0.717, 1.165) is 59.1 Å². The van der Waals surface area contributed by atoms with Gasteiger partial charge in [-0.05, 0) is 31.4 Å². The zero-order chi connectivity index (χ0) is 17.6. The number of nitrogen functional groups attached to an aromatic ring is 1. The smallest absolute Gasteiger partial charge is 0.187 e. The second-order valence-electron chi connectivity index (χ2n) is 6.00. The topological polar surface area (TPSA) is 82.5 Å². The summed E-state index contributed by atoms with van der Waals surface area (Å²) in [5.41, 5.74) is 9.12. The van der Waals surface area contributed by atoms with Crippen LogP contribution in [0.15, 0.2) is 29.8 Å². The number of nitrogens with two attached hydrogens (primary N) is 1. The highest BCUT2D eigenvalue weighted by Crippen LogP contribution is 2.24. The Bertz CT molecular complexity index is 830. The molecule has 0 aliphatic carbocycles. The van der Waals surface area contributed by atoms with Gasteiger partial charge in [-0.2, -0.15) is 0 Å². The van der Waals surface area contributed by atoms with Crippen molar-refractivity contribution in [2.24, 2.45) is 0 Å². The third-order valence-corrected chi connectivity index (χ3v) is 5.14. The van der Waals surface area contributed by atoms with Gasteiger partial charge in [0.25, 0.3) is 0 Å². The van der Waals surface area contributed by atoms with Gasteiger partial charge in [-0.1, -0.05) is 25.1 Å². The van der Waals surface area contributed by atoms with Crippen LogP contribution in [-0.4, -0.2) is 30.3 Å². The fourth-order valence-corrected chi connectivity index (χ4v) is 3.75. The Kier molecular flexibility index (Phi) is 5.86. The molecular weight excluding hydrogens is 332 g/mol. The summed E-state index contributed by atoms with van der Waals surface area (Å²) in [5, 5.41) is 0.856. The van der Waals surface area contributed by atoms with Crippen LogP contribution in [0.2, 0.25) is 0 Å². The van der Waals surface area contributed by atoms with E-state index in [1.165, 1.54) is 6.42 Å². The van der Waals surface area contributed by atoms with Gasteiger partial charge in [0.2, 0.25) is 0 Å². The predicted octanol–water partition coefficient (Wildman–Crippen LogP) is 3.64. The summed E-state index contributed by atoms with van der Waals surface area (Å²) in [5.74, 6) is 2.66. The summed E-state index contributed by atoms with van der Waals surface area (Å²) in [6, 6.07) is 1.84. The molecule has 0 atom stereocenters. The Morgan fingerprint density at radius 3 is 2.68 bits per heavy atom. The van der Waals surface area contributed by atoms with Crippen molar-refractivity contribution in [2.75, 3.05) is 11.5 Å². The lowest BCUT2D eigenvalue weighted by Gasteiger charge is -2.09. The summed E-state index contributed by atoms with van der Waals surface area (Å²) in [6.45, 7) is 5.17. The zero-order valence-corrected chi connectivity index (χ0v) is 15.6. The number of pyridine rings is 1. The number of thioether (sulfide) groups is 1. The van der Waals surface area contributed by atoms with E-state index >= 15 is 0 Å². The van der Waals surface area contributed by atoms with E-state index in [4.69, 9.17) is 10.7 Å².